The molecule has 0 radical (unpaired) electrons. The van der Waals surface area contributed by atoms with Crippen molar-refractivity contribution in [3.63, 3.8) is 0 Å². The van der Waals surface area contributed by atoms with Gasteiger partial charge < -0.3 is 18.0 Å². The van der Waals surface area contributed by atoms with E-state index in [0.717, 1.165) is 0 Å². The number of carbonyl (C=O) groups is 1. The van der Waals surface area contributed by atoms with E-state index in [2.05, 4.69) is 18.6 Å². The van der Waals surface area contributed by atoms with E-state index in [1.165, 1.54) is 18.5 Å². The molecule has 0 aliphatic rings. The minimum Gasteiger partial charge on any atom is -0.468 e. The second-order valence-electron chi connectivity index (χ2n) is 3.34. The number of nitrogens with zero attached hydrogens (tertiary/aromatic N) is 1. The standard InChI is InChI=1S/C5H12N2O2.C3H10O3Si.C3H8/c1-3-7(6)4-5(8)9-2;1-4-7(5-2)6-3;1-3-2/h3-4,6H2,1-2H3;7H,1-3H3;3H2,1-2H3. The van der Waals surface area contributed by atoms with Crippen LogP contribution in [0.1, 0.15) is 27.2 Å². The van der Waals surface area contributed by atoms with E-state index in [9.17, 15) is 4.79 Å². The van der Waals surface area contributed by atoms with Gasteiger partial charge in [0.1, 0.15) is 6.54 Å². The summed E-state index contributed by atoms with van der Waals surface area (Å²) in [4.78, 5) is 10.4. The first-order valence-electron chi connectivity index (χ1n) is 6.11. The van der Waals surface area contributed by atoms with Crippen molar-refractivity contribution >= 4 is 15.5 Å². The largest absolute Gasteiger partial charge is 0.483 e. The molecule has 0 aliphatic heterocycles. The Balaban J connectivity index is -0.000000228. The molecule has 19 heavy (non-hydrogen) atoms. The van der Waals surface area contributed by atoms with Gasteiger partial charge in [-0.05, 0) is 0 Å². The Labute approximate surface area is 118 Å². The average Bonchev–Trinajstić information content (AvgIpc) is 2.42. The number of hydrogen-bond acceptors (Lipinski definition) is 7. The Morgan fingerprint density at radius 2 is 1.42 bits per heavy atom. The molecule has 0 aliphatic carbocycles. The van der Waals surface area contributed by atoms with E-state index in [-0.39, 0.29) is 12.5 Å². The number of nitrogens with two attached hydrogens (primary N) is 1. The highest BCUT2D eigenvalue weighted by atomic mass is 28.3. The van der Waals surface area contributed by atoms with Crippen LogP contribution in [-0.2, 0) is 22.8 Å². The molecule has 0 amide bonds. The van der Waals surface area contributed by atoms with E-state index in [4.69, 9.17) is 19.1 Å². The third kappa shape index (κ3) is 23.1. The Kier molecular flexibility index (Phi) is 24.6. The van der Waals surface area contributed by atoms with Gasteiger partial charge in [-0.15, -0.1) is 0 Å². The summed E-state index contributed by atoms with van der Waals surface area (Å²) in [5.74, 6) is 4.98. The molecule has 0 aromatic carbocycles. The summed E-state index contributed by atoms with van der Waals surface area (Å²) in [6.45, 7) is 6.92. The van der Waals surface area contributed by atoms with Crippen molar-refractivity contribution in [3.8, 4) is 0 Å². The Hall–Kier alpha value is -0.513. The second kappa shape index (κ2) is 19.8. The fourth-order valence-electron chi connectivity index (χ4n) is 0.631. The summed E-state index contributed by atoms with van der Waals surface area (Å²) in [7, 11) is 4.39. The van der Waals surface area contributed by atoms with Crippen molar-refractivity contribution in [1.29, 1.82) is 0 Å². The molecule has 0 unspecified atom stereocenters. The molecule has 0 saturated heterocycles. The molecule has 7 nitrogen and oxygen atoms in total. The van der Waals surface area contributed by atoms with E-state index in [1.54, 1.807) is 21.3 Å². The first kappa shape index (κ1) is 23.6. The van der Waals surface area contributed by atoms with Gasteiger partial charge in [-0.1, -0.05) is 27.2 Å². The highest BCUT2D eigenvalue weighted by Crippen LogP contribution is 1.81. The van der Waals surface area contributed by atoms with Gasteiger partial charge >= 0.3 is 15.5 Å². The molecule has 0 bridgehead atoms. The minimum atomic E-state index is -1.67. The van der Waals surface area contributed by atoms with Crippen molar-refractivity contribution < 1.29 is 22.8 Å². The number of hydrazine groups is 1. The van der Waals surface area contributed by atoms with Crippen LogP contribution < -0.4 is 5.84 Å². The lowest BCUT2D eigenvalue weighted by Gasteiger charge is -2.10. The Bertz CT molecular complexity index is 177. The van der Waals surface area contributed by atoms with Crippen molar-refractivity contribution in [1.82, 2.24) is 5.01 Å². The highest BCUT2D eigenvalue weighted by molar-refractivity contribution is 6.36. The third-order valence-corrected chi connectivity index (χ3v) is 2.70. The van der Waals surface area contributed by atoms with Crippen molar-refractivity contribution in [2.45, 2.75) is 27.2 Å². The summed E-state index contributed by atoms with van der Waals surface area (Å²) in [5, 5.41) is 1.38. The maximum Gasteiger partial charge on any atom is 0.483 e. The molecule has 0 fully saturated rings. The summed E-state index contributed by atoms with van der Waals surface area (Å²) in [6.07, 6.45) is 1.25. The van der Waals surface area contributed by atoms with Crippen LogP contribution in [0.4, 0.5) is 0 Å². The van der Waals surface area contributed by atoms with Gasteiger partial charge in [0.2, 0.25) is 0 Å². The molecule has 118 valence electrons. The minimum absolute atomic E-state index is 0.160. The van der Waals surface area contributed by atoms with Crippen molar-refractivity contribution in [2.75, 3.05) is 41.5 Å². The van der Waals surface area contributed by atoms with Crippen molar-refractivity contribution in [2.24, 2.45) is 5.84 Å². The molecule has 2 N–H and O–H groups in total. The molecule has 0 heterocycles. The summed E-state index contributed by atoms with van der Waals surface area (Å²) < 4.78 is 18.6. The van der Waals surface area contributed by atoms with Crippen LogP contribution in [0.3, 0.4) is 0 Å². The number of ether oxygens (including phenoxy) is 1. The number of rotatable bonds is 6. The first-order valence-corrected chi connectivity index (χ1v) is 7.53. The number of carbonyl (C=O) groups excluding carboxylic acids is 1. The van der Waals surface area contributed by atoms with Crippen LogP contribution >= 0.6 is 0 Å². The maximum atomic E-state index is 10.4. The van der Waals surface area contributed by atoms with Gasteiger partial charge in [0.25, 0.3) is 0 Å². The van der Waals surface area contributed by atoms with Gasteiger partial charge in [0.05, 0.1) is 7.11 Å². The Morgan fingerprint density at radius 1 is 1.05 bits per heavy atom. The summed E-state index contributed by atoms with van der Waals surface area (Å²) in [6, 6.07) is 0. The normalized spacial score (nSPS) is 9.37. The molecule has 0 saturated carbocycles. The van der Waals surface area contributed by atoms with Crippen LogP contribution in [0.5, 0.6) is 0 Å². The predicted molar refractivity (Wildman–Crippen MR) is 77.6 cm³/mol. The van der Waals surface area contributed by atoms with E-state index >= 15 is 0 Å². The number of methoxy groups -OCH3 is 1. The topological polar surface area (TPSA) is 83.3 Å². The van der Waals surface area contributed by atoms with Crippen LogP contribution in [0.2, 0.25) is 0 Å². The number of esters is 1. The predicted octanol–water partition coefficient (Wildman–Crippen LogP) is 0.414. The molecular formula is C11H30N2O5Si. The van der Waals surface area contributed by atoms with Crippen LogP contribution in [0, 0.1) is 0 Å². The molecular weight excluding hydrogens is 268 g/mol. The van der Waals surface area contributed by atoms with Gasteiger partial charge in [-0.2, -0.15) is 0 Å². The smallest absolute Gasteiger partial charge is 0.468 e. The van der Waals surface area contributed by atoms with E-state index in [0.29, 0.717) is 6.54 Å². The summed E-state index contributed by atoms with van der Waals surface area (Å²) >= 11 is 0. The number of likely N-dealkylation sites (N-methyl/N-ethyl adjacent to an activating group) is 1. The highest BCUT2D eigenvalue weighted by Gasteiger charge is 2.05. The average molecular weight is 298 g/mol. The summed E-state index contributed by atoms with van der Waals surface area (Å²) in [5.41, 5.74) is 0. The lowest BCUT2D eigenvalue weighted by atomic mass is 10.6. The zero-order valence-electron chi connectivity index (χ0n) is 13.3. The lowest BCUT2D eigenvalue weighted by Crippen LogP contribution is -2.36. The molecule has 0 spiro atoms. The second-order valence-corrected chi connectivity index (χ2v) is 5.33. The lowest BCUT2D eigenvalue weighted by molar-refractivity contribution is -0.141. The van der Waals surface area contributed by atoms with Gasteiger partial charge in [-0.3, -0.25) is 10.6 Å². The Morgan fingerprint density at radius 3 is 1.58 bits per heavy atom. The van der Waals surface area contributed by atoms with E-state index < -0.39 is 9.53 Å². The molecule has 0 aromatic heterocycles. The maximum absolute atomic E-state index is 10.4. The fourth-order valence-corrected chi connectivity index (χ4v) is 1.21. The molecule has 8 heteroatoms. The third-order valence-electron chi connectivity index (χ3n) is 1.54. The molecule has 0 aromatic rings. The van der Waals surface area contributed by atoms with Crippen molar-refractivity contribution in [3.05, 3.63) is 0 Å². The van der Waals surface area contributed by atoms with Gasteiger partial charge in [-0.25, -0.2) is 5.01 Å². The van der Waals surface area contributed by atoms with E-state index in [1.807, 2.05) is 6.92 Å². The quantitative estimate of drug-likeness (QED) is 0.329. The number of hydrogen-bond donors (Lipinski definition) is 1. The zero-order valence-corrected chi connectivity index (χ0v) is 14.4. The molecule has 0 atom stereocenters. The molecule has 0 rings (SSSR count). The fraction of sp³-hybridized carbons (Fsp3) is 0.909. The monoisotopic (exact) mass is 298 g/mol. The van der Waals surface area contributed by atoms with Crippen LogP contribution in [-0.4, -0.2) is 62.0 Å². The van der Waals surface area contributed by atoms with Crippen LogP contribution in [0.25, 0.3) is 0 Å². The SMILES string of the molecule is CCC.CCN(N)CC(=O)OC.CO[SiH](OC)OC. The zero-order chi connectivity index (χ0) is 15.7. The van der Waals surface area contributed by atoms with Gasteiger partial charge in [0.15, 0.2) is 0 Å². The first-order chi connectivity index (χ1) is 8.96. The van der Waals surface area contributed by atoms with Gasteiger partial charge in [0, 0.05) is 27.9 Å². The van der Waals surface area contributed by atoms with Crippen LogP contribution in [0.15, 0.2) is 0 Å².